The van der Waals surface area contributed by atoms with Crippen LogP contribution in [0.25, 0.3) is 0 Å². The van der Waals surface area contributed by atoms with Crippen molar-refractivity contribution in [2.24, 2.45) is 0 Å². The van der Waals surface area contributed by atoms with Crippen LogP contribution in [-0.2, 0) is 4.74 Å². The predicted molar refractivity (Wildman–Crippen MR) is 95.2 cm³/mol. The second kappa shape index (κ2) is 7.76. The standard InChI is InChI=1S/C18H24ClN3O2/c1-18(2,3)24-17(23)22-14-6-4-13(5-7-14)21-15-8-9-16(19)12(10-15)11-20/h8-10,13-14,21H,4-7H2,1-3H3,(H,22,23). The maximum atomic E-state index is 11.8. The first-order valence-electron chi connectivity index (χ1n) is 8.22. The third-order valence-electron chi connectivity index (χ3n) is 3.91. The number of alkyl carbamates (subject to hydrolysis) is 1. The van der Waals surface area contributed by atoms with Crippen LogP contribution in [0, 0.1) is 11.3 Å². The number of amides is 1. The number of hydrogen-bond donors (Lipinski definition) is 2. The molecule has 0 aromatic heterocycles. The second-order valence-corrected chi connectivity index (χ2v) is 7.55. The smallest absolute Gasteiger partial charge is 0.407 e. The molecule has 1 aliphatic carbocycles. The van der Waals surface area contributed by atoms with E-state index in [2.05, 4.69) is 16.7 Å². The van der Waals surface area contributed by atoms with Gasteiger partial charge in [-0.25, -0.2) is 4.79 Å². The number of nitrogens with zero attached hydrogens (tertiary/aromatic N) is 1. The highest BCUT2D eigenvalue weighted by atomic mass is 35.5. The number of nitriles is 1. The van der Waals surface area contributed by atoms with Gasteiger partial charge in [0.2, 0.25) is 0 Å². The van der Waals surface area contributed by atoms with Gasteiger partial charge in [-0.05, 0) is 64.7 Å². The topological polar surface area (TPSA) is 74.2 Å². The van der Waals surface area contributed by atoms with E-state index in [0.29, 0.717) is 16.6 Å². The third kappa shape index (κ3) is 5.61. The van der Waals surface area contributed by atoms with Crippen LogP contribution in [0.5, 0.6) is 0 Å². The van der Waals surface area contributed by atoms with Gasteiger partial charge in [-0.3, -0.25) is 0 Å². The molecule has 1 amide bonds. The van der Waals surface area contributed by atoms with Crippen molar-refractivity contribution in [2.75, 3.05) is 5.32 Å². The Bertz CT molecular complexity index is 626. The summed E-state index contributed by atoms with van der Waals surface area (Å²) in [6, 6.07) is 7.95. The van der Waals surface area contributed by atoms with Crippen LogP contribution in [0.4, 0.5) is 10.5 Å². The van der Waals surface area contributed by atoms with Crippen LogP contribution in [0.1, 0.15) is 52.0 Å². The molecule has 2 N–H and O–H groups in total. The Kier molecular flexibility index (Phi) is 5.95. The molecule has 0 bridgehead atoms. The van der Waals surface area contributed by atoms with E-state index in [1.54, 1.807) is 12.1 Å². The minimum Gasteiger partial charge on any atom is -0.444 e. The fourth-order valence-electron chi connectivity index (χ4n) is 2.79. The van der Waals surface area contributed by atoms with Crippen molar-refractivity contribution in [3.63, 3.8) is 0 Å². The number of anilines is 1. The van der Waals surface area contributed by atoms with Gasteiger partial charge in [-0.1, -0.05) is 11.6 Å². The molecule has 0 aliphatic heterocycles. The summed E-state index contributed by atoms with van der Waals surface area (Å²) in [5, 5.41) is 15.9. The van der Waals surface area contributed by atoms with Gasteiger partial charge >= 0.3 is 6.09 Å². The number of nitrogens with one attached hydrogen (secondary N) is 2. The van der Waals surface area contributed by atoms with Crippen molar-refractivity contribution in [3.8, 4) is 6.07 Å². The molecular weight excluding hydrogens is 326 g/mol. The Labute approximate surface area is 148 Å². The lowest BCUT2D eigenvalue weighted by molar-refractivity contribution is 0.0492. The molecule has 1 saturated carbocycles. The van der Waals surface area contributed by atoms with Crippen molar-refractivity contribution in [1.29, 1.82) is 5.26 Å². The fourth-order valence-corrected chi connectivity index (χ4v) is 2.95. The molecule has 1 aromatic rings. The van der Waals surface area contributed by atoms with Gasteiger partial charge < -0.3 is 15.4 Å². The average molecular weight is 350 g/mol. The van der Waals surface area contributed by atoms with E-state index in [9.17, 15) is 4.79 Å². The molecule has 130 valence electrons. The molecule has 0 radical (unpaired) electrons. The molecule has 0 atom stereocenters. The Morgan fingerprint density at radius 1 is 1.25 bits per heavy atom. The highest BCUT2D eigenvalue weighted by molar-refractivity contribution is 6.31. The minimum atomic E-state index is -0.476. The molecule has 24 heavy (non-hydrogen) atoms. The lowest BCUT2D eigenvalue weighted by atomic mass is 9.91. The van der Waals surface area contributed by atoms with Crippen LogP contribution >= 0.6 is 11.6 Å². The Hall–Kier alpha value is -1.93. The molecule has 0 heterocycles. The van der Waals surface area contributed by atoms with Gasteiger partial charge in [0.05, 0.1) is 10.6 Å². The van der Waals surface area contributed by atoms with Crippen LogP contribution in [-0.4, -0.2) is 23.8 Å². The number of hydrogen-bond acceptors (Lipinski definition) is 4. The number of rotatable bonds is 3. The van der Waals surface area contributed by atoms with E-state index >= 15 is 0 Å². The first kappa shape index (κ1) is 18.4. The van der Waals surface area contributed by atoms with Crippen LogP contribution in [0.15, 0.2) is 18.2 Å². The van der Waals surface area contributed by atoms with Gasteiger partial charge in [0.25, 0.3) is 0 Å². The van der Waals surface area contributed by atoms with Gasteiger partial charge in [0.15, 0.2) is 0 Å². The molecule has 1 aliphatic rings. The monoisotopic (exact) mass is 349 g/mol. The van der Waals surface area contributed by atoms with Gasteiger partial charge in [-0.15, -0.1) is 0 Å². The van der Waals surface area contributed by atoms with Gasteiger partial charge in [-0.2, -0.15) is 5.26 Å². The SMILES string of the molecule is CC(C)(C)OC(=O)NC1CCC(Nc2ccc(Cl)c(C#N)c2)CC1. The molecular formula is C18H24ClN3O2. The van der Waals surface area contributed by atoms with E-state index in [1.807, 2.05) is 26.8 Å². The van der Waals surface area contributed by atoms with Crippen molar-refractivity contribution in [3.05, 3.63) is 28.8 Å². The Morgan fingerprint density at radius 3 is 2.46 bits per heavy atom. The van der Waals surface area contributed by atoms with E-state index < -0.39 is 5.60 Å². The van der Waals surface area contributed by atoms with E-state index in [4.69, 9.17) is 21.6 Å². The number of carbonyl (C=O) groups is 1. The first-order valence-corrected chi connectivity index (χ1v) is 8.60. The molecule has 5 nitrogen and oxygen atoms in total. The second-order valence-electron chi connectivity index (χ2n) is 7.15. The van der Waals surface area contributed by atoms with Crippen LogP contribution in [0.2, 0.25) is 5.02 Å². The summed E-state index contributed by atoms with van der Waals surface area (Å²) < 4.78 is 5.29. The van der Waals surface area contributed by atoms with Crippen LogP contribution in [0.3, 0.4) is 0 Å². The molecule has 1 aromatic carbocycles. The Morgan fingerprint density at radius 2 is 1.88 bits per heavy atom. The zero-order chi connectivity index (χ0) is 17.7. The molecule has 0 unspecified atom stereocenters. The first-order chi connectivity index (χ1) is 11.3. The number of carbonyl (C=O) groups excluding carboxylic acids is 1. The molecule has 0 spiro atoms. The minimum absolute atomic E-state index is 0.151. The number of ether oxygens (including phenoxy) is 1. The summed E-state index contributed by atoms with van der Waals surface area (Å²) in [4.78, 5) is 11.8. The average Bonchev–Trinajstić information content (AvgIpc) is 2.49. The summed E-state index contributed by atoms with van der Waals surface area (Å²) in [6.45, 7) is 5.57. The summed E-state index contributed by atoms with van der Waals surface area (Å²) in [7, 11) is 0. The molecule has 0 saturated heterocycles. The normalized spacial score (nSPS) is 20.8. The highest BCUT2D eigenvalue weighted by Gasteiger charge is 2.24. The van der Waals surface area contributed by atoms with E-state index in [-0.39, 0.29) is 12.1 Å². The maximum Gasteiger partial charge on any atom is 0.407 e. The quantitative estimate of drug-likeness (QED) is 0.844. The van der Waals surface area contributed by atoms with Crippen molar-refractivity contribution < 1.29 is 9.53 Å². The molecule has 6 heteroatoms. The largest absolute Gasteiger partial charge is 0.444 e. The van der Waals surface area contributed by atoms with Crippen molar-refractivity contribution in [1.82, 2.24) is 5.32 Å². The summed E-state index contributed by atoms with van der Waals surface area (Å²) >= 11 is 5.95. The van der Waals surface area contributed by atoms with Gasteiger partial charge in [0.1, 0.15) is 11.7 Å². The number of halogens is 1. The summed E-state index contributed by atoms with van der Waals surface area (Å²) in [6.07, 6.45) is 3.34. The van der Waals surface area contributed by atoms with Crippen molar-refractivity contribution in [2.45, 2.75) is 64.1 Å². The van der Waals surface area contributed by atoms with Gasteiger partial charge in [0, 0.05) is 17.8 Å². The van der Waals surface area contributed by atoms with Crippen LogP contribution < -0.4 is 10.6 Å². The predicted octanol–water partition coefficient (Wildman–Crippen LogP) is 4.46. The zero-order valence-corrected chi connectivity index (χ0v) is 15.1. The lowest BCUT2D eigenvalue weighted by Crippen LogP contribution is -2.42. The third-order valence-corrected chi connectivity index (χ3v) is 4.24. The number of benzene rings is 1. The van der Waals surface area contributed by atoms with E-state index in [0.717, 1.165) is 31.4 Å². The Balaban J connectivity index is 1.81. The molecule has 2 rings (SSSR count). The summed E-state index contributed by atoms with van der Waals surface area (Å²) in [5.74, 6) is 0. The van der Waals surface area contributed by atoms with E-state index in [1.165, 1.54) is 0 Å². The molecule has 1 fully saturated rings. The zero-order valence-electron chi connectivity index (χ0n) is 14.4. The maximum absolute atomic E-state index is 11.8. The highest BCUT2D eigenvalue weighted by Crippen LogP contribution is 2.25. The van der Waals surface area contributed by atoms with Crippen molar-refractivity contribution >= 4 is 23.4 Å². The fraction of sp³-hybridized carbons (Fsp3) is 0.556. The summed E-state index contributed by atoms with van der Waals surface area (Å²) in [5.41, 5.74) is 0.900. The lowest BCUT2D eigenvalue weighted by Gasteiger charge is -2.31.